The van der Waals surface area contributed by atoms with E-state index in [2.05, 4.69) is 49.2 Å². The Morgan fingerprint density at radius 3 is 2.64 bits per heavy atom. The number of anilines is 1. The third-order valence-corrected chi connectivity index (χ3v) is 5.69. The third-order valence-electron chi connectivity index (χ3n) is 5.69. The van der Waals surface area contributed by atoms with Crippen LogP contribution in [0.4, 0.5) is 5.95 Å². The molecule has 1 atom stereocenters. The zero-order valence-electron chi connectivity index (χ0n) is 18.3. The monoisotopic (exact) mass is 488 g/mol. The molecule has 4 heterocycles. The summed E-state index contributed by atoms with van der Waals surface area (Å²) in [5, 5.41) is 22.8. The van der Waals surface area contributed by atoms with Crippen molar-refractivity contribution in [2.24, 2.45) is 5.92 Å². The van der Waals surface area contributed by atoms with Crippen LogP contribution >= 0.6 is 24.8 Å². The molecule has 0 radical (unpaired) electrons. The Balaban J connectivity index is 0.00000153. The molecule has 1 aromatic carbocycles. The summed E-state index contributed by atoms with van der Waals surface area (Å²) in [7, 11) is 0. The molecule has 1 aliphatic heterocycles. The fraction of sp³-hybridized carbons (Fsp3) is 0.318. The molecule has 0 amide bonds. The van der Waals surface area contributed by atoms with Crippen LogP contribution in [0, 0.1) is 5.92 Å². The van der Waals surface area contributed by atoms with E-state index in [9.17, 15) is 5.11 Å². The van der Waals surface area contributed by atoms with Crippen molar-refractivity contribution >= 4 is 36.4 Å². The lowest BCUT2D eigenvalue weighted by Gasteiger charge is -2.35. The molecule has 1 saturated heterocycles. The number of piperazine rings is 1. The average Bonchev–Trinajstić information content (AvgIpc) is 3.27. The van der Waals surface area contributed by atoms with Crippen molar-refractivity contribution in [3.63, 3.8) is 0 Å². The predicted octanol–water partition coefficient (Wildman–Crippen LogP) is 3.23. The zero-order valence-corrected chi connectivity index (χ0v) is 19.9. The molecule has 4 aromatic rings. The molecule has 1 aliphatic rings. The van der Waals surface area contributed by atoms with Gasteiger partial charge >= 0.3 is 0 Å². The van der Waals surface area contributed by atoms with Crippen LogP contribution < -0.4 is 10.2 Å². The lowest BCUT2D eigenvalue weighted by molar-refractivity contribution is 0.365. The molecule has 0 bridgehead atoms. The number of rotatable bonds is 4. The topological polar surface area (TPSA) is 104 Å². The van der Waals surface area contributed by atoms with E-state index in [1.165, 1.54) is 0 Å². The number of phenolic OH excluding ortho intramolecular Hbond substituents is 1. The average molecular weight is 489 g/mol. The van der Waals surface area contributed by atoms with E-state index >= 15 is 0 Å². The summed E-state index contributed by atoms with van der Waals surface area (Å²) >= 11 is 0. The first kappa shape index (κ1) is 24.6. The van der Waals surface area contributed by atoms with Gasteiger partial charge in [0.15, 0.2) is 5.65 Å². The minimum Gasteiger partial charge on any atom is -0.507 e. The maximum Gasteiger partial charge on any atom is 0.245 e. The quantitative estimate of drug-likeness (QED) is 0.451. The second kappa shape index (κ2) is 10.3. The van der Waals surface area contributed by atoms with Gasteiger partial charge in [0.05, 0.1) is 18.1 Å². The van der Waals surface area contributed by atoms with Crippen molar-refractivity contribution in [1.29, 1.82) is 0 Å². The van der Waals surface area contributed by atoms with Gasteiger partial charge in [-0.1, -0.05) is 19.9 Å². The second-order valence-electron chi connectivity index (χ2n) is 8.09. The van der Waals surface area contributed by atoms with Crippen LogP contribution in [0.25, 0.3) is 28.2 Å². The summed E-state index contributed by atoms with van der Waals surface area (Å²) in [6.45, 7) is 7.01. The molecule has 9 nitrogen and oxygen atoms in total. The van der Waals surface area contributed by atoms with E-state index in [1.54, 1.807) is 24.7 Å². The Hall–Kier alpha value is -3.01. The van der Waals surface area contributed by atoms with Crippen LogP contribution in [-0.4, -0.2) is 60.3 Å². The summed E-state index contributed by atoms with van der Waals surface area (Å²) in [4.78, 5) is 15.3. The number of nitrogens with one attached hydrogen (secondary N) is 1. The number of benzene rings is 1. The van der Waals surface area contributed by atoms with Gasteiger partial charge in [-0.25, -0.2) is 9.97 Å². The van der Waals surface area contributed by atoms with Gasteiger partial charge in [0.1, 0.15) is 11.4 Å². The van der Waals surface area contributed by atoms with Crippen molar-refractivity contribution in [3.05, 3.63) is 49.2 Å². The highest BCUT2D eigenvalue weighted by Gasteiger charge is 2.23. The predicted molar refractivity (Wildman–Crippen MR) is 132 cm³/mol. The van der Waals surface area contributed by atoms with E-state index in [4.69, 9.17) is 0 Å². The fourth-order valence-electron chi connectivity index (χ4n) is 3.83. The van der Waals surface area contributed by atoms with Gasteiger partial charge in [0.2, 0.25) is 5.95 Å². The molecule has 11 heteroatoms. The zero-order chi connectivity index (χ0) is 21.4. The molecule has 5 rings (SSSR count). The molecule has 3 aromatic heterocycles. The fourth-order valence-corrected chi connectivity index (χ4v) is 3.83. The van der Waals surface area contributed by atoms with Crippen LogP contribution in [0.3, 0.4) is 0 Å². The first-order valence-electron chi connectivity index (χ1n) is 10.4. The number of hydrogen-bond donors (Lipinski definition) is 2. The van der Waals surface area contributed by atoms with E-state index in [-0.39, 0.29) is 30.6 Å². The summed E-state index contributed by atoms with van der Waals surface area (Å²) in [6, 6.07) is 5.80. The summed E-state index contributed by atoms with van der Waals surface area (Å²) in [5.74, 6) is 1.26. The maximum atomic E-state index is 10.6. The minimum atomic E-state index is 0. The van der Waals surface area contributed by atoms with E-state index in [1.807, 2.05) is 28.9 Å². The van der Waals surface area contributed by atoms with Gasteiger partial charge < -0.3 is 19.7 Å². The summed E-state index contributed by atoms with van der Waals surface area (Å²) in [5.41, 5.74) is 3.43. The molecule has 2 N–H and O–H groups in total. The molecule has 0 aliphatic carbocycles. The van der Waals surface area contributed by atoms with Gasteiger partial charge in [0.25, 0.3) is 0 Å². The summed E-state index contributed by atoms with van der Waals surface area (Å²) in [6.07, 6.45) is 8.83. The lowest BCUT2D eigenvalue weighted by Crippen LogP contribution is -2.53. The van der Waals surface area contributed by atoms with Crippen LogP contribution in [0.5, 0.6) is 5.75 Å². The highest BCUT2D eigenvalue weighted by Crippen LogP contribution is 2.31. The van der Waals surface area contributed by atoms with Gasteiger partial charge in [-0.2, -0.15) is 0 Å². The van der Waals surface area contributed by atoms with Crippen molar-refractivity contribution in [2.75, 3.05) is 24.5 Å². The van der Waals surface area contributed by atoms with Gasteiger partial charge in [-0.05, 0) is 18.1 Å². The number of phenols is 1. The Morgan fingerprint density at radius 2 is 1.91 bits per heavy atom. The number of hydrogen-bond acceptors (Lipinski definition) is 8. The smallest absolute Gasteiger partial charge is 0.245 e. The van der Waals surface area contributed by atoms with Crippen LogP contribution in [-0.2, 0) is 0 Å². The Bertz CT molecular complexity index is 1210. The van der Waals surface area contributed by atoms with Crippen molar-refractivity contribution < 1.29 is 5.11 Å². The number of imidazole rings is 1. The molecular weight excluding hydrogens is 463 g/mol. The number of aromatic nitrogens is 6. The lowest BCUT2D eigenvalue weighted by atomic mass is 10.0. The minimum absolute atomic E-state index is 0. The number of fused-ring (bicyclic) bond motifs is 1. The van der Waals surface area contributed by atoms with Crippen molar-refractivity contribution in [1.82, 2.24) is 34.9 Å². The second-order valence-corrected chi connectivity index (χ2v) is 8.09. The molecule has 33 heavy (non-hydrogen) atoms. The van der Waals surface area contributed by atoms with E-state index < -0.39 is 0 Å². The molecule has 174 valence electrons. The Morgan fingerprint density at radius 1 is 1.06 bits per heavy atom. The normalized spacial score (nSPS) is 15.8. The van der Waals surface area contributed by atoms with Gasteiger partial charge in [-0.15, -0.1) is 35.0 Å². The van der Waals surface area contributed by atoms with E-state index in [0.717, 1.165) is 36.5 Å². The maximum absolute atomic E-state index is 10.6. The highest BCUT2D eigenvalue weighted by atomic mass is 35.5. The van der Waals surface area contributed by atoms with Crippen LogP contribution in [0.1, 0.15) is 13.8 Å². The van der Waals surface area contributed by atoms with Crippen LogP contribution in [0.2, 0.25) is 0 Å². The molecular formula is C22H26Cl2N8O. The van der Waals surface area contributed by atoms with Crippen LogP contribution in [0.15, 0.2) is 49.2 Å². The Labute approximate surface area is 204 Å². The van der Waals surface area contributed by atoms with Crippen molar-refractivity contribution in [2.45, 2.75) is 19.9 Å². The third kappa shape index (κ3) is 5.00. The first-order chi connectivity index (χ1) is 15.1. The standard InChI is InChI=1S/C22H24N8O.2ClH/c1-14(2)18-12-30(8-5-23-18)22-26-10-17(27-28-22)16-4-3-15(9-20(16)31)19-13-29-7-6-24-21(29)11-25-19;;/h3-4,6-7,9-11,13-14,18,23,31H,5,8,12H2,1-2H3;2*1H/t18-;;/m1../s1. The van der Waals surface area contributed by atoms with Gasteiger partial charge in [0, 0.05) is 55.4 Å². The molecule has 0 unspecified atom stereocenters. The molecule has 0 spiro atoms. The number of halogens is 2. The SMILES string of the molecule is CC(C)[C@H]1CN(c2ncc(-c3ccc(-c4cn5ccnc5cn4)cc3O)nn2)CCN1.Cl.Cl. The highest BCUT2D eigenvalue weighted by molar-refractivity contribution is 5.85. The number of aromatic hydroxyl groups is 1. The summed E-state index contributed by atoms with van der Waals surface area (Å²) < 4.78 is 1.89. The first-order valence-corrected chi connectivity index (χ1v) is 10.4. The Kier molecular flexibility index (Phi) is 7.68. The molecule has 1 fully saturated rings. The number of nitrogens with zero attached hydrogens (tertiary/aromatic N) is 7. The van der Waals surface area contributed by atoms with Gasteiger partial charge in [-0.3, -0.25) is 4.98 Å². The van der Waals surface area contributed by atoms with E-state index in [0.29, 0.717) is 29.2 Å². The van der Waals surface area contributed by atoms with Crippen molar-refractivity contribution in [3.8, 4) is 28.3 Å². The molecule has 0 saturated carbocycles. The largest absolute Gasteiger partial charge is 0.507 e.